The van der Waals surface area contributed by atoms with Gasteiger partial charge in [0.1, 0.15) is 5.76 Å². The second kappa shape index (κ2) is 8.47. The number of nitrogens with zero attached hydrogens (tertiary/aromatic N) is 2. The molecule has 4 aromatic rings. The van der Waals surface area contributed by atoms with Crippen LogP contribution in [0.25, 0.3) is 21.8 Å². The zero-order valence-corrected chi connectivity index (χ0v) is 17.7. The van der Waals surface area contributed by atoms with E-state index < -0.39 is 0 Å². The van der Waals surface area contributed by atoms with E-state index in [-0.39, 0.29) is 18.2 Å². The van der Waals surface area contributed by atoms with Crippen LogP contribution in [0, 0.1) is 6.92 Å². The first kappa shape index (κ1) is 20.4. The Bertz CT molecular complexity index is 1310. The third-order valence-corrected chi connectivity index (χ3v) is 5.24. The lowest BCUT2D eigenvalue weighted by atomic mass is 10.1. The molecular formula is C24H24N4O3. The van der Waals surface area contributed by atoms with Gasteiger partial charge in [-0.05, 0) is 51.1 Å². The number of para-hydroxylation sites is 1. The molecule has 2 aromatic heterocycles. The number of rotatable bonds is 6. The molecule has 0 radical (unpaired) electrons. The molecule has 0 spiro atoms. The number of carbonyl (C=O) groups is 2. The topological polar surface area (TPSA) is 88.6 Å². The maximum absolute atomic E-state index is 12.5. The number of hydrazone groups is 1. The van der Waals surface area contributed by atoms with Gasteiger partial charge in [-0.2, -0.15) is 5.10 Å². The van der Waals surface area contributed by atoms with Crippen molar-refractivity contribution in [2.24, 2.45) is 5.10 Å². The summed E-state index contributed by atoms with van der Waals surface area (Å²) in [4.78, 5) is 24.6. The lowest BCUT2D eigenvalue weighted by Crippen LogP contribution is -2.21. The molecule has 4 rings (SSSR count). The van der Waals surface area contributed by atoms with Crippen molar-refractivity contribution in [2.75, 3.05) is 5.32 Å². The van der Waals surface area contributed by atoms with E-state index in [0.29, 0.717) is 17.0 Å². The maximum Gasteiger partial charge on any atom is 0.274 e. The van der Waals surface area contributed by atoms with Crippen molar-refractivity contribution in [1.29, 1.82) is 0 Å². The van der Waals surface area contributed by atoms with Crippen molar-refractivity contribution in [1.82, 2.24) is 9.99 Å². The molecule has 0 fully saturated rings. The van der Waals surface area contributed by atoms with E-state index in [4.69, 9.17) is 4.42 Å². The summed E-state index contributed by atoms with van der Waals surface area (Å²) >= 11 is 0. The smallest absolute Gasteiger partial charge is 0.274 e. The molecule has 2 heterocycles. The van der Waals surface area contributed by atoms with Crippen LogP contribution in [0.15, 0.2) is 64.3 Å². The Morgan fingerprint density at radius 2 is 1.84 bits per heavy atom. The molecule has 158 valence electrons. The SMILES string of the molecule is CCn1c2ccccc2c2cc(NC(=O)CC(C)=NNC(=O)c3ccoc3C)ccc21. The van der Waals surface area contributed by atoms with Gasteiger partial charge in [0.15, 0.2) is 0 Å². The predicted molar refractivity (Wildman–Crippen MR) is 122 cm³/mol. The Kier molecular flexibility index (Phi) is 5.58. The summed E-state index contributed by atoms with van der Waals surface area (Å²) in [5.41, 5.74) is 6.40. The largest absolute Gasteiger partial charge is 0.469 e. The Morgan fingerprint density at radius 3 is 2.58 bits per heavy atom. The quantitative estimate of drug-likeness (QED) is 0.348. The average molecular weight is 416 g/mol. The fourth-order valence-corrected chi connectivity index (χ4v) is 3.78. The molecule has 7 heteroatoms. The third-order valence-electron chi connectivity index (χ3n) is 5.24. The number of benzene rings is 2. The second-order valence-corrected chi connectivity index (χ2v) is 7.40. The van der Waals surface area contributed by atoms with E-state index in [9.17, 15) is 9.59 Å². The van der Waals surface area contributed by atoms with Gasteiger partial charge < -0.3 is 14.3 Å². The Hall–Kier alpha value is -3.87. The minimum atomic E-state index is -0.372. The average Bonchev–Trinajstić information content (AvgIpc) is 3.32. The van der Waals surface area contributed by atoms with Crippen LogP contribution in [0.5, 0.6) is 0 Å². The number of carbonyl (C=O) groups excluding carboxylic acids is 2. The van der Waals surface area contributed by atoms with Crippen molar-refractivity contribution in [3.63, 3.8) is 0 Å². The number of furan rings is 1. The Labute approximate surface area is 179 Å². The van der Waals surface area contributed by atoms with E-state index in [1.54, 1.807) is 19.9 Å². The molecule has 0 atom stereocenters. The van der Waals surface area contributed by atoms with Crippen LogP contribution in [0.1, 0.15) is 36.4 Å². The fourth-order valence-electron chi connectivity index (χ4n) is 3.78. The first-order valence-electron chi connectivity index (χ1n) is 10.2. The summed E-state index contributed by atoms with van der Waals surface area (Å²) in [7, 11) is 0. The van der Waals surface area contributed by atoms with E-state index in [1.807, 2.05) is 30.3 Å². The van der Waals surface area contributed by atoms with Gasteiger partial charge >= 0.3 is 0 Å². The number of anilines is 1. The van der Waals surface area contributed by atoms with Gasteiger partial charge in [0, 0.05) is 39.7 Å². The van der Waals surface area contributed by atoms with Crippen LogP contribution in [-0.2, 0) is 11.3 Å². The van der Waals surface area contributed by atoms with E-state index >= 15 is 0 Å². The number of fused-ring (bicyclic) bond motifs is 3. The van der Waals surface area contributed by atoms with Gasteiger partial charge in [-0.15, -0.1) is 0 Å². The molecule has 0 aliphatic heterocycles. The molecule has 2 amide bonds. The number of hydrogen-bond acceptors (Lipinski definition) is 4. The molecule has 2 N–H and O–H groups in total. The lowest BCUT2D eigenvalue weighted by Gasteiger charge is -2.07. The van der Waals surface area contributed by atoms with Gasteiger partial charge in [0.05, 0.1) is 18.2 Å². The van der Waals surface area contributed by atoms with E-state index in [2.05, 4.69) is 39.5 Å². The Morgan fingerprint density at radius 1 is 1.06 bits per heavy atom. The molecular weight excluding hydrogens is 392 g/mol. The van der Waals surface area contributed by atoms with Crippen molar-refractivity contribution >= 4 is 45.0 Å². The zero-order valence-electron chi connectivity index (χ0n) is 17.7. The molecule has 0 saturated heterocycles. The van der Waals surface area contributed by atoms with Crippen LogP contribution in [0.2, 0.25) is 0 Å². The summed E-state index contributed by atoms with van der Waals surface area (Å²) in [5, 5.41) is 9.20. The number of aryl methyl sites for hydroxylation is 2. The first-order chi connectivity index (χ1) is 15.0. The highest BCUT2D eigenvalue weighted by molar-refractivity contribution is 6.11. The molecule has 0 unspecified atom stereocenters. The van der Waals surface area contributed by atoms with Crippen LogP contribution in [0.3, 0.4) is 0 Å². The van der Waals surface area contributed by atoms with Gasteiger partial charge in [0.25, 0.3) is 5.91 Å². The number of amides is 2. The molecule has 0 aliphatic carbocycles. The highest BCUT2D eigenvalue weighted by atomic mass is 16.3. The molecule has 2 aromatic carbocycles. The normalized spacial score (nSPS) is 11.8. The zero-order chi connectivity index (χ0) is 22.0. The number of hydrogen-bond donors (Lipinski definition) is 2. The van der Waals surface area contributed by atoms with Crippen LogP contribution < -0.4 is 10.7 Å². The highest BCUT2D eigenvalue weighted by Gasteiger charge is 2.13. The van der Waals surface area contributed by atoms with Gasteiger partial charge in [-0.3, -0.25) is 9.59 Å². The van der Waals surface area contributed by atoms with Gasteiger partial charge in [-0.25, -0.2) is 5.43 Å². The van der Waals surface area contributed by atoms with Crippen LogP contribution in [-0.4, -0.2) is 22.1 Å². The Balaban J connectivity index is 1.46. The number of nitrogens with one attached hydrogen (secondary N) is 2. The molecule has 7 nitrogen and oxygen atoms in total. The molecule has 0 saturated carbocycles. The summed E-state index contributed by atoms with van der Waals surface area (Å²) in [6.07, 6.45) is 1.52. The second-order valence-electron chi connectivity index (χ2n) is 7.40. The van der Waals surface area contributed by atoms with Crippen molar-refractivity contribution in [2.45, 2.75) is 33.7 Å². The first-order valence-corrected chi connectivity index (χ1v) is 10.2. The molecule has 31 heavy (non-hydrogen) atoms. The van der Waals surface area contributed by atoms with Gasteiger partial charge in [-0.1, -0.05) is 18.2 Å². The van der Waals surface area contributed by atoms with Crippen molar-refractivity contribution in [3.05, 3.63) is 66.1 Å². The molecule has 0 aliphatic rings. The van der Waals surface area contributed by atoms with Crippen LogP contribution in [0.4, 0.5) is 5.69 Å². The summed E-state index contributed by atoms with van der Waals surface area (Å²) in [6, 6.07) is 15.8. The maximum atomic E-state index is 12.5. The molecule has 0 bridgehead atoms. The van der Waals surface area contributed by atoms with Crippen molar-refractivity contribution in [3.8, 4) is 0 Å². The summed E-state index contributed by atoms with van der Waals surface area (Å²) in [6.45, 7) is 6.39. The third kappa shape index (κ3) is 4.07. The summed E-state index contributed by atoms with van der Waals surface area (Å²) < 4.78 is 7.38. The minimum absolute atomic E-state index is 0.0689. The predicted octanol–water partition coefficient (Wildman–Crippen LogP) is 4.85. The van der Waals surface area contributed by atoms with E-state index in [1.165, 1.54) is 11.8 Å². The monoisotopic (exact) mass is 416 g/mol. The van der Waals surface area contributed by atoms with Gasteiger partial charge in [0.2, 0.25) is 5.91 Å². The van der Waals surface area contributed by atoms with Crippen LogP contribution >= 0.6 is 0 Å². The fraction of sp³-hybridized carbons (Fsp3) is 0.208. The number of aromatic nitrogens is 1. The van der Waals surface area contributed by atoms with E-state index in [0.717, 1.165) is 28.5 Å². The minimum Gasteiger partial charge on any atom is -0.469 e. The summed E-state index contributed by atoms with van der Waals surface area (Å²) in [5.74, 6) is -0.0553. The lowest BCUT2D eigenvalue weighted by molar-refractivity contribution is -0.115. The highest BCUT2D eigenvalue weighted by Crippen LogP contribution is 2.31. The van der Waals surface area contributed by atoms with Crippen molar-refractivity contribution < 1.29 is 14.0 Å². The standard InChI is InChI=1S/C24H24N4O3/c1-4-28-21-8-6-5-7-19(21)20-14-17(9-10-22(20)28)25-23(29)13-15(2)26-27-24(30)18-11-12-31-16(18)3/h5-12,14H,4,13H2,1-3H3,(H,25,29)(H,27,30).